The first-order valence-corrected chi connectivity index (χ1v) is 12.8. The molecule has 4 aromatic heterocycles. The number of imidazole rings is 1. The van der Waals surface area contributed by atoms with Crippen molar-refractivity contribution in [3.05, 3.63) is 120 Å². The zero-order chi connectivity index (χ0) is 26.8. The number of nitrogens with zero attached hydrogens (tertiary/aromatic N) is 5. The maximum atomic E-state index is 12.6. The van der Waals surface area contributed by atoms with Gasteiger partial charge in [0, 0.05) is 54.2 Å². The molecule has 0 saturated carbocycles. The normalized spacial score (nSPS) is 11.9. The molecule has 0 aliphatic rings. The monoisotopic (exact) mass is 533 g/mol. The van der Waals surface area contributed by atoms with Crippen LogP contribution in [0.1, 0.15) is 17.6 Å². The Labute approximate surface area is 230 Å². The molecular weight excluding hydrogens is 510 g/mol. The van der Waals surface area contributed by atoms with Crippen molar-refractivity contribution in [2.45, 2.75) is 12.5 Å². The predicted molar refractivity (Wildman–Crippen MR) is 152 cm³/mol. The van der Waals surface area contributed by atoms with E-state index in [4.69, 9.17) is 21.0 Å². The molecular formula is C31H24ClN5O2. The number of hydrogen-bond donors (Lipinski definition) is 0. The lowest BCUT2D eigenvalue weighted by molar-refractivity contribution is -0.108. The fraction of sp³-hybridized carbons (Fsp3) is 0.0968. The van der Waals surface area contributed by atoms with Crippen molar-refractivity contribution in [2.75, 3.05) is 4.90 Å². The third-order valence-electron chi connectivity index (χ3n) is 6.80. The zero-order valence-electron chi connectivity index (χ0n) is 21.1. The van der Waals surface area contributed by atoms with E-state index in [1.54, 1.807) is 29.4 Å². The molecule has 0 aliphatic heterocycles. The zero-order valence-corrected chi connectivity index (χ0v) is 21.9. The Balaban J connectivity index is 1.39. The van der Waals surface area contributed by atoms with Gasteiger partial charge in [0.15, 0.2) is 0 Å². The van der Waals surface area contributed by atoms with Crippen LogP contribution in [0.15, 0.2) is 108 Å². The first-order chi connectivity index (χ1) is 19.1. The number of furan rings is 1. The van der Waals surface area contributed by atoms with Crippen molar-refractivity contribution in [2.24, 2.45) is 7.05 Å². The summed E-state index contributed by atoms with van der Waals surface area (Å²) in [6, 6.07) is 24.7. The van der Waals surface area contributed by atoms with Crippen LogP contribution in [-0.4, -0.2) is 25.9 Å². The average Bonchev–Trinajstić information content (AvgIpc) is 3.57. The summed E-state index contributed by atoms with van der Waals surface area (Å²) in [6.07, 6.45) is 8.42. The van der Waals surface area contributed by atoms with Crippen LogP contribution in [0.25, 0.3) is 33.4 Å². The van der Waals surface area contributed by atoms with Gasteiger partial charge in [-0.1, -0.05) is 48.0 Å². The van der Waals surface area contributed by atoms with E-state index >= 15 is 0 Å². The third kappa shape index (κ3) is 4.92. The molecule has 4 heterocycles. The fourth-order valence-electron chi connectivity index (χ4n) is 4.81. The largest absolute Gasteiger partial charge is 0.440 e. The summed E-state index contributed by atoms with van der Waals surface area (Å²) in [6.45, 7) is 0. The second-order valence-corrected chi connectivity index (χ2v) is 9.64. The molecule has 1 unspecified atom stereocenters. The second-order valence-electron chi connectivity index (χ2n) is 9.20. The van der Waals surface area contributed by atoms with Gasteiger partial charge in [-0.15, -0.1) is 0 Å². The van der Waals surface area contributed by atoms with E-state index in [1.165, 1.54) is 0 Å². The lowest BCUT2D eigenvalue weighted by atomic mass is 10.0. The SMILES string of the molecule is Cn1c(-c2ccc(-c3cccnc3)cc2)cnc1C(Cc1ccccn1)N(C=O)c1cc2cc(Cl)ccc2o1. The molecule has 0 aliphatic carbocycles. The van der Waals surface area contributed by atoms with Crippen LogP contribution >= 0.6 is 11.6 Å². The molecule has 0 radical (unpaired) electrons. The summed E-state index contributed by atoms with van der Waals surface area (Å²) < 4.78 is 8.09. The van der Waals surface area contributed by atoms with Gasteiger partial charge >= 0.3 is 0 Å². The molecule has 1 atom stereocenters. The number of anilines is 1. The molecule has 0 fully saturated rings. The molecule has 0 bridgehead atoms. The summed E-state index contributed by atoms with van der Waals surface area (Å²) in [4.78, 5) is 27.7. The maximum absolute atomic E-state index is 12.6. The highest BCUT2D eigenvalue weighted by atomic mass is 35.5. The lowest BCUT2D eigenvalue weighted by Gasteiger charge is -2.26. The van der Waals surface area contributed by atoms with E-state index in [1.807, 2.05) is 66.5 Å². The molecule has 7 nitrogen and oxygen atoms in total. The van der Waals surface area contributed by atoms with E-state index < -0.39 is 6.04 Å². The summed E-state index contributed by atoms with van der Waals surface area (Å²) in [5, 5.41) is 1.41. The lowest BCUT2D eigenvalue weighted by Crippen LogP contribution is -2.31. The van der Waals surface area contributed by atoms with E-state index in [9.17, 15) is 4.79 Å². The topological polar surface area (TPSA) is 77.1 Å². The fourth-order valence-corrected chi connectivity index (χ4v) is 4.99. The summed E-state index contributed by atoms with van der Waals surface area (Å²) in [5.41, 5.74) is 5.55. The molecule has 6 aromatic rings. The van der Waals surface area contributed by atoms with Crippen molar-refractivity contribution in [1.82, 2.24) is 19.5 Å². The van der Waals surface area contributed by atoms with Crippen molar-refractivity contribution >= 4 is 34.9 Å². The van der Waals surface area contributed by atoms with Crippen LogP contribution in [0, 0.1) is 0 Å². The summed E-state index contributed by atoms with van der Waals surface area (Å²) in [5.74, 6) is 1.12. The Hall–Kier alpha value is -4.75. The molecule has 0 N–H and O–H groups in total. The molecule has 2 aromatic carbocycles. The van der Waals surface area contributed by atoms with Crippen LogP contribution in [0.3, 0.4) is 0 Å². The Morgan fingerprint density at radius 1 is 0.923 bits per heavy atom. The molecule has 6 rings (SSSR count). The summed E-state index contributed by atoms with van der Waals surface area (Å²) >= 11 is 6.18. The smallest absolute Gasteiger partial charge is 0.217 e. The maximum Gasteiger partial charge on any atom is 0.217 e. The highest BCUT2D eigenvalue weighted by Crippen LogP contribution is 2.35. The number of carbonyl (C=O) groups is 1. The molecule has 0 spiro atoms. The van der Waals surface area contributed by atoms with Gasteiger partial charge in [-0.05, 0) is 53.1 Å². The quantitative estimate of drug-likeness (QED) is 0.199. The van der Waals surface area contributed by atoms with Crippen molar-refractivity contribution in [3.8, 4) is 22.4 Å². The Bertz CT molecular complexity index is 1730. The molecule has 192 valence electrons. The molecule has 0 saturated heterocycles. The van der Waals surface area contributed by atoms with Crippen LogP contribution < -0.4 is 4.90 Å². The van der Waals surface area contributed by atoms with Crippen LogP contribution in [0.5, 0.6) is 0 Å². The number of amides is 1. The first-order valence-electron chi connectivity index (χ1n) is 12.5. The van der Waals surface area contributed by atoms with Crippen molar-refractivity contribution < 1.29 is 9.21 Å². The van der Waals surface area contributed by atoms with Gasteiger partial charge in [0.2, 0.25) is 12.3 Å². The number of pyridine rings is 2. The Morgan fingerprint density at radius 2 is 1.77 bits per heavy atom. The van der Waals surface area contributed by atoms with Gasteiger partial charge in [0.1, 0.15) is 17.4 Å². The second kappa shape index (κ2) is 10.6. The van der Waals surface area contributed by atoms with Crippen LogP contribution in [0.4, 0.5) is 5.88 Å². The van der Waals surface area contributed by atoms with E-state index in [-0.39, 0.29) is 0 Å². The van der Waals surface area contributed by atoms with Gasteiger partial charge in [-0.2, -0.15) is 0 Å². The molecule has 8 heteroatoms. The number of carbonyl (C=O) groups excluding carboxylic acids is 1. The Morgan fingerprint density at radius 3 is 2.51 bits per heavy atom. The first kappa shape index (κ1) is 24.6. The number of hydrogen-bond acceptors (Lipinski definition) is 5. The molecule has 39 heavy (non-hydrogen) atoms. The highest BCUT2D eigenvalue weighted by Gasteiger charge is 2.29. The summed E-state index contributed by atoms with van der Waals surface area (Å²) in [7, 11) is 1.96. The minimum atomic E-state index is -0.471. The van der Waals surface area contributed by atoms with Crippen LogP contribution in [0.2, 0.25) is 5.02 Å². The predicted octanol–water partition coefficient (Wildman–Crippen LogP) is 6.89. The number of rotatable bonds is 8. The van der Waals surface area contributed by atoms with Crippen molar-refractivity contribution in [3.63, 3.8) is 0 Å². The number of aromatic nitrogens is 4. The van der Waals surface area contributed by atoms with Gasteiger partial charge in [0.25, 0.3) is 0 Å². The van der Waals surface area contributed by atoms with Crippen molar-refractivity contribution in [1.29, 1.82) is 0 Å². The van der Waals surface area contributed by atoms with E-state index in [0.29, 0.717) is 28.7 Å². The Kier molecular flexibility index (Phi) is 6.65. The van der Waals surface area contributed by atoms with Gasteiger partial charge < -0.3 is 8.98 Å². The minimum Gasteiger partial charge on any atom is -0.440 e. The minimum absolute atomic E-state index is 0.411. The number of fused-ring (bicyclic) bond motifs is 1. The third-order valence-corrected chi connectivity index (χ3v) is 7.03. The van der Waals surface area contributed by atoms with Gasteiger partial charge in [-0.3, -0.25) is 19.7 Å². The molecule has 1 amide bonds. The van der Waals surface area contributed by atoms with E-state index in [2.05, 4.69) is 34.2 Å². The van der Waals surface area contributed by atoms with Gasteiger partial charge in [0.05, 0.1) is 11.9 Å². The van der Waals surface area contributed by atoms with Gasteiger partial charge in [-0.25, -0.2) is 4.98 Å². The highest BCUT2D eigenvalue weighted by molar-refractivity contribution is 6.31. The standard InChI is InChI=1S/C31H24ClN5O2/c1-36-28(22-9-7-21(8-10-22)23-5-4-13-33-18-23)19-35-31(36)27(17-26-6-2-3-14-34-26)37(20-38)30-16-24-15-25(32)11-12-29(24)39-30/h2-16,18-20,27H,17H2,1H3. The number of benzene rings is 2. The average molecular weight is 534 g/mol. The van der Waals surface area contributed by atoms with E-state index in [0.717, 1.165) is 39.9 Å². The number of halogens is 1. The van der Waals surface area contributed by atoms with Crippen LogP contribution in [-0.2, 0) is 18.3 Å².